The molecule has 3 rings (SSSR count). The fourth-order valence-corrected chi connectivity index (χ4v) is 2.58. The molecule has 3 nitrogen and oxygen atoms in total. The van der Waals surface area contributed by atoms with Crippen molar-refractivity contribution in [3.8, 4) is 5.69 Å². The molecule has 3 heteroatoms. The normalized spacial score (nSPS) is 17.0. The van der Waals surface area contributed by atoms with Gasteiger partial charge < -0.3 is 5.73 Å². The van der Waals surface area contributed by atoms with Crippen LogP contribution in [0.15, 0.2) is 54.4 Å². The molecule has 98 valence electrons. The Morgan fingerprint density at radius 1 is 1.16 bits per heavy atom. The molecule has 0 fully saturated rings. The monoisotopic (exact) mass is 253 g/mol. The summed E-state index contributed by atoms with van der Waals surface area (Å²) in [6, 6.07) is 10.1. The highest BCUT2D eigenvalue weighted by Gasteiger charge is 2.15. The van der Waals surface area contributed by atoms with Crippen LogP contribution in [0, 0.1) is 0 Å². The van der Waals surface area contributed by atoms with E-state index in [0.29, 0.717) is 0 Å². The SMILES string of the molecule is NC(C1=CCCCC1)c1cnn(-c2ccccc2)c1. The molecule has 2 N–H and O–H groups in total. The van der Waals surface area contributed by atoms with Crippen LogP contribution in [-0.2, 0) is 0 Å². The Balaban J connectivity index is 1.83. The molecular formula is C16H19N3. The second-order valence-corrected chi connectivity index (χ2v) is 5.06. The molecule has 1 aromatic carbocycles. The first-order valence-electron chi connectivity index (χ1n) is 6.89. The summed E-state index contributed by atoms with van der Waals surface area (Å²) in [5.74, 6) is 0. The molecule has 19 heavy (non-hydrogen) atoms. The van der Waals surface area contributed by atoms with Crippen LogP contribution in [0.25, 0.3) is 5.69 Å². The third-order valence-corrected chi connectivity index (χ3v) is 3.71. The van der Waals surface area contributed by atoms with Crippen molar-refractivity contribution in [2.45, 2.75) is 31.7 Å². The van der Waals surface area contributed by atoms with Crippen LogP contribution >= 0.6 is 0 Å². The van der Waals surface area contributed by atoms with E-state index >= 15 is 0 Å². The number of hydrogen-bond donors (Lipinski definition) is 1. The second-order valence-electron chi connectivity index (χ2n) is 5.06. The molecule has 0 saturated carbocycles. The smallest absolute Gasteiger partial charge is 0.0645 e. The summed E-state index contributed by atoms with van der Waals surface area (Å²) in [6.45, 7) is 0. The molecule has 0 saturated heterocycles. The lowest BCUT2D eigenvalue weighted by atomic mass is 9.92. The minimum absolute atomic E-state index is 0.00207. The third kappa shape index (κ3) is 2.61. The van der Waals surface area contributed by atoms with Gasteiger partial charge >= 0.3 is 0 Å². The fourth-order valence-electron chi connectivity index (χ4n) is 2.58. The van der Waals surface area contributed by atoms with Gasteiger partial charge in [-0.25, -0.2) is 4.68 Å². The van der Waals surface area contributed by atoms with Gasteiger partial charge in [-0.05, 0) is 37.8 Å². The van der Waals surface area contributed by atoms with Gasteiger partial charge in [-0.2, -0.15) is 5.10 Å². The highest BCUT2D eigenvalue weighted by molar-refractivity contribution is 5.33. The van der Waals surface area contributed by atoms with Crippen LogP contribution in [0.2, 0.25) is 0 Å². The van der Waals surface area contributed by atoms with Gasteiger partial charge in [0.05, 0.1) is 17.9 Å². The van der Waals surface area contributed by atoms with Gasteiger partial charge in [0, 0.05) is 11.8 Å². The Kier molecular flexibility index (Phi) is 3.47. The van der Waals surface area contributed by atoms with Gasteiger partial charge in [-0.15, -0.1) is 0 Å². The van der Waals surface area contributed by atoms with Crippen molar-refractivity contribution in [1.29, 1.82) is 0 Å². The van der Waals surface area contributed by atoms with E-state index in [1.54, 1.807) is 0 Å². The molecule has 1 unspecified atom stereocenters. The first-order chi connectivity index (χ1) is 9.34. The highest BCUT2D eigenvalue weighted by atomic mass is 15.3. The first kappa shape index (κ1) is 12.2. The minimum atomic E-state index is -0.00207. The van der Waals surface area contributed by atoms with E-state index in [1.165, 1.54) is 18.4 Å². The van der Waals surface area contributed by atoms with Crippen molar-refractivity contribution in [2.75, 3.05) is 0 Å². The summed E-state index contributed by atoms with van der Waals surface area (Å²) >= 11 is 0. The van der Waals surface area contributed by atoms with E-state index in [-0.39, 0.29) is 6.04 Å². The number of nitrogens with zero attached hydrogens (tertiary/aromatic N) is 2. The van der Waals surface area contributed by atoms with Crippen LogP contribution in [0.4, 0.5) is 0 Å². The summed E-state index contributed by atoms with van der Waals surface area (Å²) in [7, 11) is 0. The van der Waals surface area contributed by atoms with Crippen molar-refractivity contribution < 1.29 is 0 Å². The Bertz CT molecular complexity index is 569. The maximum atomic E-state index is 6.34. The van der Waals surface area contributed by atoms with E-state index in [2.05, 4.69) is 11.2 Å². The zero-order valence-electron chi connectivity index (χ0n) is 11.0. The van der Waals surface area contributed by atoms with E-state index in [9.17, 15) is 0 Å². The molecule has 2 aromatic rings. The zero-order chi connectivity index (χ0) is 13.1. The van der Waals surface area contributed by atoms with E-state index in [1.807, 2.05) is 47.4 Å². The molecular weight excluding hydrogens is 234 g/mol. The van der Waals surface area contributed by atoms with Crippen LogP contribution in [0.5, 0.6) is 0 Å². The van der Waals surface area contributed by atoms with Crippen molar-refractivity contribution in [1.82, 2.24) is 9.78 Å². The number of rotatable bonds is 3. The predicted octanol–water partition coefficient (Wildman–Crippen LogP) is 3.37. The summed E-state index contributed by atoms with van der Waals surface area (Å²) in [5, 5.41) is 4.41. The molecule has 0 aliphatic heterocycles. The molecule has 1 aromatic heterocycles. The molecule has 1 aliphatic carbocycles. The number of allylic oxidation sites excluding steroid dienone is 1. The number of para-hydroxylation sites is 1. The fraction of sp³-hybridized carbons (Fsp3) is 0.312. The molecule has 0 radical (unpaired) electrons. The van der Waals surface area contributed by atoms with Gasteiger partial charge in [-0.3, -0.25) is 0 Å². The Labute approximate surface area is 113 Å². The zero-order valence-corrected chi connectivity index (χ0v) is 11.0. The molecule has 1 atom stereocenters. The molecule has 0 spiro atoms. The van der Waals surface area contributed by atoms with Gasteiger partial charge in [-0.1, -0.05) is 29.8 Å². The Morgan fingerprint density at radius 3 is 2.74 bits per heavy atom. The van der Waals surface area contributed by atoms with Crippen molar-refractivity contribution in [3.63, 3.8) is 0 Å². The number of hydrogen-bond acceptors (Lipinski definition) is 2. The van der Waals surface area contributed by atoms with Crippen LogP contribution in [-0.4, -0.2) is 9.78 Å². The van der Waals surface area contributed by atoms with E-state index < -0.39 is 0 Å². The highest BCUT2D eigenvalue weighted by Crippen LogP contribution is 2.28. The van der Waals surface area contributed by atoms with Crippen LogP contribution in [0.1, 0.15) is 37.3 Å². The van der Waals surface area contributed by atoms with Crippen molar-refractivity contribution in [3.05, 3.63) is 59.9 Å². The second kappa shape index (κ2) is 5.41. The van der Waals surface area contributed by atoms with Gasteiger partial charge in [0.1, 0.15) is 0 Å². The lowest BCUT2D eigenvalue weighted by Gasteiger charge is -2.18. The summed E-state index contributed by atoms with van der Waals surface area (Å²) in [4.78, 5) is 0. The largest absolute Gasteiger partial charge is 0.320 e. The standard InChI is InChI=1S/C16H19N3/c17-16(13-7-3-1-4-8-13)14-11-18-19(12-14)15-9-5-2-6-10-15/h2,5-7,9-12,16H,1,3-4,8,17H2. The van der Waals surface area contributed by atoms with Gasteiger partial charge in [0.25, 0.3) is 0 Å². The topological polar surface area (TPSA) is 43.8 Å². The summed E-state index contributed by atoms with van der Waals surface area (Å²) in [5.41, 5.74) is 9.86. The molecule has 0 bridgehead atoms. The van der Waals surface area contributed by atoms with Crippen molar-refractivity contribution >= 4 is 0 Å². The minimum Gasteiger partial charge on any atom is -0.320 e. The molecule has 1 aliphatic rings. The maximum Gasteiger partial charge on any atom is 0.0645 e. The molecule has 0 amide bonds. The maximum absolute atomic E-state index is 6.34. The number of aromatic nitrogens is 2. The number of benzene rings is 1. The quantitative estimate of drug-likeness (QED) is 0.852. The van der Waals surface area contributed by atoms with Crippen LogP contribution < -0.4 is 5.73 Å². The Morgan fingerprint density at radius 2 is 2.00 bits per heavy atom. The summed E-state index contributed by atoms with van der Waals surface area (Å²) < 4.78 is 1.89. The first-order valence-corrected chi connectivity index (χ1v) is 6.89. The average molecular weight is 253 g/mol. The third-order valence-electron chi connectivity index (χ3n) is 3.71. The predicted molar refractivity (Wildman–Crippen MR) is 77.0 cm³/mol. The Hall–Kier alpha value is -1.87. The van der Waals surface area contributed by atoms with Gasteiger partial charge in [0.15, 0.2) is 0 Å². The summed E-state index contributed by atoms with van der Waals surface area (Å²) in [6.07, 6.45) is 11.1. The molecule has 1 heterocycles. The lowest BCUT2D eigenvalue weighted by molar-refractivity contribution is 0.648. The van der Waals surface area contributed by atoms with E-state index in [0.717, 1.165) is 24.1 Å². The number of nitrogens with two attached hydrogens (primary N) is 1. The van der Waals surface area contributed by atoms with Crippen molar-refractivity contribution in [2.24, 2.45) is 5.73 Å². The lowest BCUT2D eigenvalue weighted by Crippen LogP contribution is -2.14. The van der Waals surface area contributed by atoms with Crippen LogP contribution in [0.3, 0.4) is 0 Å². The average Bonchev–Trinajstić information content (AvgIpc) is 2.98. The van der Waals surface area contributed by atoms with Gasteiger partial charge in [0.2, 0.25) is 0 Å². The van der Waals surface area contributed by atoms with E-state index in [4.69, 9.17) is 5.73 Å².